The lowest BCUT2D eigenvalue weighted by Gasteiger charge is -2.26. The molecule has 1 heterocycles. The van der Waals surface area contributed by atoms with Crippen LogP contribution in [0.1, 0.15) is 24.4 Å². The second-order valence-corrected chi connectivity index (χ2v) is 8.16. The molecule has 7 heteroatoms. The van der Waals surface area contributed by atoms with Crippen molar-refractivity contribution in [1.29, 1.82) is 0 Å². The van der Waals surface area contributed by atoms with E-state index in [4.69, 9.17) is 21.1 Å². The molecule has 5 nitrogen and oxygen atoms in total. The summed E-state index contributed by atoms with van der Waals surface area (Å²) in [6.07, 6.45) is 1.52. The number of hydrogen-bond acceptors (Lipinski definition) is 4. The van der Waals surface area contributed by atoms with Crippen molar-refractivity contribution in [3.63, 3.8) is 0 Å². The van der Waals surface area contributed by atoms with Gasteiger partial charge in [-0.05, 0) is 55.3 Å². The largest absolute Gasteiger partial charge is 0.497 e. The van der Waals surface area contributed by atoms with Crippen LogP contribution in [0.3, 0.4) is 0 Å². The molecule has 0 bridgehead atoms. The fourth-order valence-corrected chi connectivity index (χ4v) is 4.98. The highest BCUT2D eigenvalue weighted by molar-refractivity contribution is 7.89. The molecular formula is C18H20ClNO4S. The van der Waals surface area contributed by atoms with Gasteiger partial charge in [0.2, 0.25) is 10.0 Å². The maximum atomic E-state index is 13.1. The van der Waals surface area contributed by atoms with E-state index in [1.54, 1.807) is 38.5 Å². The molecule has 0 radical (unpaired) electrons. The van der Waals surface area contributed by atoms with Crippen molar-refractivity contribution < 1.29 is 17.9 Å². The van der Waals surface area contributed by atoms with Crippen molar-refractivity contribution in [1.82, 2.24) is 4.31 Å². The molecule has 1 saturated heterocycles. The third-order valence-corrected chi connectivity index (χ3v) is 6.59. The van der Waals surface area contributed by atoms with Gasteiger partial charge in [0.1, 0.15) is 11.5 Å². The number of hydrogen-bond donors (Lipinski definition) is 0. The Balaban J connectivity index is 2.02. The summed E-state index contributed by atoms with van der Waals surface area (Å²) >= 11 is 5.88. The summed E-state index contributed by atoms with van der Waals surface area (Å²) < 4.78 is 38.5. The zero-order valence-electron chi connectivity index (χ0n) is 14.1. The Morgan fingerprint density at radius 1 is 1.08 bits per heavy atom. The highest BCUT2D eigenvalue weighted by Crippen LogP contribution is 2.41. The minimum atomic E-state index is -3.62. The molecule has 25 heavy (non-hydrogen) atoms. The fourth-order valence-electron chi connectivity index (χ4n) is 3.18. The van der Waals surface area contributed by atoms with E-state index >= 15 is 0 Å². The maximum absolute atomic E-state index is 13.1. The first-order valence-corrected chi connectivity index (χ1v) is 9.78. The van der Waals surface area contributed by atoms with Crippen LogP contribution in [-0.4, -0.2) is 33.5 Å². The van der Waals surface area contributed by atoms with Crippen LogP contribution >= 0.6 is 11.6 Å². The van der Waals surface area contributed by atoms with Crippen molar-refractivity contribution in [3.8, 4) is 11.5 Å². The summed E-state index contributed by atoms with van der Waals surface area (Å²) in [5, 5.41) is 0.506. The molecule has 1 fully saturated rings. The Kier molecular flexibility index (Phi) is 5.22. The van der Waals surface area contributed by atoms with E-state index in [9.17, 15) is 8.42 Å². The Morgan fingerprint density at radius 2 is 1.80 bits per heavy atom. The Morgan fingerprint density at radius 3 is 2.44 bits per heavy atom. The summed E-state index contributed by atoms with van der Waals surface area (Å²) in [6.45, 7) is 0.468. The zero-order valence-corrected chi connectivity index (χ0v) is 15.7. The first-order valence-electron chi connectivity index (χ1n) is 7.96. The molecule has 0 spiro atoms. The molecule has 1 aliphatic rings. The lowest BCUT2D eigenvalue weighted by Crippen LogP contribution is -2.30. The Labute approximate surface area is 153 Å². The topological polar surface area (TPSA) is 55.8 Å². The third-order valence-electron chi connectivity index (χ3n) is 4.42. The number of nitrogens with zero attached hydrogens (tertiary/aromatic N) is 1. The first kappa shape index (κ1) is 18.0. The average molecular weight is 382 g/mol. The molecule has 0 aliphatic carbocycles. The highest BCUT2D eigenvalue weighted by Gasteiger charge is 2.37. The van der Waals surface area contributed by atoms with Gasteiger partial charge in [-0.2, -0.15) is 4.31 Å². The van der Waals surface area contributed by atoms with E-state index in [1.165, 1.54) is 16.4 Å². The van der Waals surface area contributed by atoms with Gasteiger partial charge in [0.15, 0.2) is 0 Å². The maximum Gasteiger partial charge on any atom is 0.243 e. The number of methoxy groups -OCH3 is 2. The smallest absolute Gasteiger partial charge is 0.243 e. The number of benzene rings is 2. The van der Waals surface area contributed by atoms with E-state index in [0.29, 0.717) is 23.1 Å². The molecule has 0 aromatic heterocycles. The molecule has 3 rings (SSSR count). The quantitative estimate of drug-likeness (QED) is 0.788. The van der Waals surface area contributed by atoms with Crippen molar-refractivity contribution in [2.75, 3.05) is 20.8 Å². The standard InChI is InChI=1S/C18H20ClNO4S/c1-23-14-7-10-18(24-2)16(12-14)17-4-3-11-20(17)25(21,22)15-8-5-13(19)6-9-15/h5-10,12,17H,3-4,11H2,1-2H3/t17-/m1/s1. The number of rotatable bonds is 5. The number of ether oxygens (including phenoxy) is 2. The van der Waals surface area contributed by atoms with Gasteiger partial charge in [-0.3, -0.25) is 0 Å². The summed E-state index contributed by atoms with van der Waals surface area (Å²) in [4.78, 5) is 0.241. The summed E-state index contributed by atoms with van der Waals surface area (Å²) in [5.41, 5.74) is 0.817. The van der Waals surface area contributed by atoms with E-state index in [0.717, 1.165) is 18.4 Å². The van der Waals surface area contributed by atoms with E-state index in [1.807, 2.05) is 6.07 Å². The molecule has 0 N–H and O–H groups in total. The van der Waals surface area contributed by atoms with Crippen molar-refractivity contribution in [2.24, 2.45) is 0 Å². The van der Waals surface area contributed by atoms with Crippen LogP contribution in [0.15, 0.2) is 47.4 Å². The van der Waals surface area contributed by atoms with Crippen LogP contribution in [-0.2, 0) is 10.0 Å². The third kappa shape index (κ3) is 3.47. The minimum absolute atomic E-state index is 0.241. The zero-order chi connectivity index (χ0) is 18.0. The first-order chi connectivity index (χ1) is 12.0. The second-order valence-electron chi connectivity index (χ2n) is 5.84. The lowest BCUT2D eigenvalue weighted by atomic mass is 10.0. The molecular weight excluding hydrogens is 362 g/mol. The Hall–Kier alpha value is -1.76. The van der Waals surface area contributed by atoms with Crippen LogP contribution in [0.5, 0.6) is 11.5 Å². The molecule has 134 valence electrons. The van der Waals surface area contributed by atoms with Gasteiger partial charge < -0.3 is 9.47 Å². The van der Waals surface area contributed by atoms with Crippen molar-refractivity contribution in [2.45, 2.75) is 23.8 Å². The van der Waals surface area contributed by atoms with E-state index in [2.05, 4.69) is 0 Å². The highest BCUT2D eigenvalue weighted by atomic mass is 35.5. The van der Waals surface area contributed by atoms with E-state index in [-0.39, 0.29) is 10.9 Å². The van der Waals surface area contributed by atoms with Gasteiger partial charge in [0.05, 0.1) is 25.2 Å². The Bertz CT molecular complexity index is 852. The van der Waals surface area contributed by atoms with Crippen LogP contribution in [0.4, 0.5) is 0 Å². The normalized spacial score (nSPS) is 18.3. The molecule has 2 aromatic rings. The minimum Gasteiger partial charge on any atom is -0.497 e. The van der Waals surface area contributed by atoms with Gasteiger partial charge in [0.25, 0.3) is 0 Å². The van der Waals surface area contributed by atoms with Crippen molar-refractivity contribution >= 4 is 21.6 Å². The molecule has 1 atom stereocenters. The molecule has 0 unspecified atom stereocenters. The lowest BCUT2D eigenvalue weighted by molar-refractivity contribution is 0.361. The van der Waals surface area contributed by atoms with Gasteiger partial charge in [-0.1, -0.05) is 11.6 Å². The summed E-state index contributed by atoms with van der Waals surface area (Å²) in [6, 6.07) is 11.4. The number of halogens is 1. The molecule has 0 amide bonds. The summed E-state index contributed by atoms with van der Waals surface area (Å²) in [5.74, 6) is 1.33. The van der Waals surface area contributed by atoms with Gasteiger partial charge in [-0.25, -0.2) is 8.42 Å². The average Bonchev–Trinajstić information content (AvgIpc) is 3.12. The molecule has 1 aliphatic heterocycles. The van der Waals surface area contributed by atoms with Gasteiger partial charge in [-0.15, -0.1) is 0 Å². The second kappa shape index (κ2) is 7.23. The van der Waals surface area contributed by atoms with E-state index < -0.39 is 10.0 Å². The van der Waals surface area contributed by atoms with Crippen LogP contribution in [0, 0.1) is 0 Å². The van der Waals surface area contributed by atoms with Crippen LogP contribution in [0.25, 0.3) is 0 Å². The summed E-state index contributed by atoms with van der Waals surface area (Å²) in [7, 11) is -0.452. The molecule has 0 saturated carbocycles. The number of sulfonamides is 1. The van der Waals surface area contributed by atoms with Gasteiger partial charge >= 0.3 is 0 Å². The van der Waals surface area contributed by atoms with Crippen molar-refractivity contribution in [3.05, 3.63) is 53.1 Å². The monoisotopic (exact) mass is 381 g/mol. The van der Waals surface area contributed by atoms with Gasteiger partial charge in [0, 0.05) is 17.1 Å². The fraction of sp³-hybridized carbons (Fsp3) is 0.333. The van der Waals surface area contributed by atoms with Crippen LogP contribution in [0.2, 0.25) is 5.02 Å². The van der Waals surface area contributed by atoms with Crippen LogP contribution < -0.4 is 9.47 Å². The predicted molar refractivity (Wildman–Crippen MR) is 96.9 cm³/mol. The SMILES string of the molecule is COc1ccc(OC)c([C@H]2CCCN2S(=O)(=O)c2ccc(Cl)cc2)c1. The predicted octanol–water partition coefficient (Wildman–Crippen LogP) is 3.88. The molecule has 2 aromatic carbocycles.